The normalized spacial score (nSPS) is 16.7. The molecule has 1 saturated heterocycles. The molecule has 2 aliphatic rings. The number of nitrogens with zero attached hydrogens (tertiary/aromatic N) is 2. The van der Waals surface area contributed by atoms with Crippen LogP contribution in [-0.2, 0) is 9.59 Å². The van der Waals surface area contributed by atoms with Crippen LogP contribution in [0.25, 0.3) is 6.08 Å². The van der Waals surface area contributed by atoms with Gasteiger partial charge in [0.2, 0.25) is 11.8 Å². The van der Waals surface area contributed by atoms with E-state index >= 15 is 0 Å². The van der Waals surface area contributed by atoms with Crippen molar-refractivity contribution in [3.8, 4) is 11.5 Å². The van der Waals surface area contributed by atoms with Crippen LogP contribution in [0, 0.1) is 12.8 Å². The van der Waals surface area contributed by atoms with Gasteiger partial charge in [0.05, 0.1) is 5.02 Å². The highest BCUT2D eigenvalue weighted by Crippen LogP contribution is 2.38. The number of amides is 2. The zero-order valence-electron chi connectivity index (χ0n) is 16.5. The van der Waals surface area contributed by atoms with Crippen molar-refractivity contribution in [1.29, 1.82) is 0 Å². The molecular weight excluding hydrogens is 410 g/mol. The molecule has 3 heterocycles. The number of piperidine rings is 1. The summed E-state index contributed by atoms with van der Waals surface area (Å²) in [6.45, 7) is 3.72. The molecule has 4 rings (SSSR count). The fraction of sp³-hybridized carbons (Fsp3) is 0.381. The minimum atomic E-state index is -0.161. The van der Waals surface area contributed by atoms with Crippen LogP contribution in [-0.4, -0.2) is 48.2 Å². The van der Waals surface area contributed by atoms with Crippen molar-refractivity contribution < 1.29 is 23.6 Å². The fourth-order valence-corrected chi connectivity index (χ4v) is 3.79. The van der Waals surface area contributed by atoms with Gasteiger partial charge in [-0.3, -0.25) is 9.59 Å². The summed E-state index contributed by atoms with van der Waals surface area (Å²) < 4.78 is 16.0. The molecular formula is C21H22ClN3O5. The van der Waals surface area contributed by atoms with Crippen LogP contribution < -0.4 is 14.8 Å². The van der Waals surface area contributed by atoms with E-state index in [1.165, 1.54) is 6.08 Å². The van der Waals surface area contributed by atoms with Crippen molar-refractivity contribution in [1.82, 2.24) is 10.1 Å². The molecule has 0 atom stereocenters. The number of nitrogens with one attached hydrogen (secondary N) is 1. The molecule has 1 N–H and O–H groups in total. The summed E-state index contributed by atoms with van der Waals surface area (Å²) in [6, 6.07) is 5.21. The summed E-state index contributed by atoms with van der Waals surface area (Å²) >= 11 is 6.23. The number of likely N-dealkylation sites (tertiary alicyclic amines) is 1. The number of carbonyl (C=O) groups excluding carboxylic acids is 2. The largest absolute Gasteiger partial charge is 0.486 e. The molecule has 158 valence electrons. The zero-order valence-corrected chi connectivity index (χ0v) is 17.3. The van der Waals surface area contributed by atoms with Gasteiger partial charge in [-0.05, 0) is 43.5 Å². The Kier molecular flexibility index (Phi) is 5.94. The highest BCUT2D eigenvalue weighted by molar-refractivity contribution is 6.32. The Labute approximate surface area is 178 Å². The number of aryl methyl sites for hydroxylation is 1. The van der Waals surface area contributed by atoms with E-state index in [9.17, 15) is 9.59 Å². The van der Waals surface area contributed by atoms with Gasteiger partial charge in [-0.25, -0.2) is 0 Å². The molecule has 2 aliphatic heterocycles. The molecule has 0 saturated carbocycles. The van der Waals surface area contributed by atoms with E-state index in [0.717, 1.165) is 5.56 Å². The minimum absolute atomic E-state index is 0.100. The molecule has 0 bridgehead atoms. The Bertz CT molecular complexity index is 979. The maximum atomic E-state index is 12.5. The van der Waals surface area contributed by atoms with Gasteiger partial charge < -0.3 is 24.2 Å². The Morgan fingerprint density at radius 3 is 2.70 bits per heavy atom. The molecule has 0 spiro atoms. The molecule has 30 heavy (non-hydrogen) atoms. The first kappa shape index (κ1) is 20.3. The highest BCUT2D eigenvalue weighted by atomic mass is 35.5. The SMILES string of the molecule is Cc1cc(NC(=O)C2CCN(C(=O)/C=C/c3cc(Cl)c4c(c3)OCCO4)CC2)no1. The summed E-state index contributed by atoms with van der Waals surface area (Å²) in [5.74, 6) is 1.80. The monoisotopic (exact) mass is 431 g/mol. The first-order valence-corrected chi connectivity index (χ1v) is 10.2. The summed E-state index contributed by atoms with van der Waals surface area (Å²) in [4.78, 5) is 26.6. The molecule has 0 radical (unpaired) electrons. The molecule has 0 aliphatic carbocycles. The lowest BCUT2D eigenvalue weighted by molar-refractivity contribution is -0.130. The van der Waals surface area contributed by atoms with E-state index in [1.54, 1.807) is 36.1 Å². The third kappa shape index (κ3) is 4.59. The van der Waals surface area contributed by atoms with E-state index in [2.05, 4.69) is 10.5 Å². The summed E-state index contributed by atoms with van der Waals surface area (Å²) in [5.41, 5.74) is 0.759. The van der Waals surface area contributed by atoms with E-state index < -0.39 is 0 Å². The molecule has 2 aromatic rings. The number of ether oxygens (including phenoxy) is 2. The quantitative estimate of drug-likeness (QED) is 0.746. The Morgan fingerprint density at radius 1 is 1.20 bits per heavy atom. The lowest BCUT2D eigenvalue weighted by atomic mass is 9.96. The average molecular weight is 432 g/mol. The van der Waals surface area contributed by atoms with Crippen molar-refractivity contribution >= 4 is 35.3 Å². The van der Waals surface area contributed by atoms with Crippen molar-refractivity contribution in [3.05, 3.63) is 40.6 Å². The van der Waals surface area contributed by atoms with Gasteiger partial charge in [-0.15, -0.1) is 0 Å². The van der Waals surface area contributed by atoms with Gasteiger partial charge >= 0.3 is 0 Å². The predicted molar refractivity (Wildman–Crippen MR) is 111 cm³/mol. The third-order valence-electron chi connectivity index (χ3n) is 5.09. The Morgan fingerprint density at radius 2 is 1.97 bits per heavy atom. The number of hydrogen-bond acceptors (Lipinski definition) is 6. The maximum Gasteiger partial charge on any atom is 0.246 e. The van der Waals surface area contributed by atoms with E-state index in [1.807, 2.05) is 0 Å². The van der Waals surface area contributed by atoms with Crippen LogP contribution in [0.4, 0.5) is 5.82 Å². The van der Waals surface area contributed by atoms with Crippen LogP contribution in [0.5, 0.6) is 11.5 Å². The highest BCUT2D eigenvalue weighted by Gasteiger charge is 2.27. The van der Waals surface area contributed by atoms with Gasteiger partial charge in [0.1, 0.15) is 19.0 Å². The topological polar surface area (TPSA) is 93.9 Å². The molecule has 0 unspecified atom stereocenters. The van der Waals surface area contributed by atoms with Crippen LogP contribution in [0.2, 0.25) is 5.02 Å². The maximum absolute atomic E-state index is 12.5. The lowest BCUT2D eigenvalue weighted by Gasteiger charge is -2.30. The lowest BCUT2D eigenvalue weighted by Crippen LogP contribution is -2.40. The Hall–Kier alpha value is -3.00. The fourth-order valence-electron chi connectivity index (χ4n) is 3.52. The van der Waals surface area contributed by atoms with Crippen LogP contribution in [0.3, 0.4) is 0 Å². The summed E-state index contributed by atoms with van der Waals surface area (Å²) in [6.07, 6.45) is 4.41. The second kappa shape index (κ2) is 8.79. The number of fused-ring (bicyclic) bond motifs is 1. The molecule has 8 nitrogen and oxygen atoms in total. The van der Waals surface area contributed by atoms with Crippen LogP contribution in [0.1, 0.15) is 24.2 Å². The van der Waals surface area contributed by atoms with E-state index in [-0.39, 0.29) is 17.7 Å². The van der Waals surface area contributed by atoms with Gasteiger partial charge in [0.25, 0.3) is 0 Å². The molecule has 1 fully saturated rings. The smallest absolute Gasteiger partial charge is 0.246 e. The summed E-state index contributed by atoms with van der Waals surface area (Å²) in [5, 5.41) is 6.98. The second-order valence-electron chi connectivity index (χ2n) is 7.27. The molecule has 2 amide bonds. The van der Waals surface area contributed by atoms with Crippen LogP contribution in [0.15, 0.2) is 28.8 Å². The zero-order chi connectivity index (χ0) is 21.1. The average Bonchev–Trinajstić information content (AvgIpc) is 3.16. The van der Waals surface area contributed by atoms with Crippen molar-refractivity contribution in [2.45, 2.75) is 19.8 Å². The number of aromatic nitrogens is 1. The van der Waals surface area contributed by atoms with Crippen molar-refractivity contribution in [2.24, 2.45) is 5.92 Å². The first-order chi connectivity index (χ1) is 14.5. The number of hydrogen-bond donors (Lipinski definition) is 1. The first-order valence-electron chi connectivity index (χ1n) is 9.80. The number of anilines is 1. The number of rotatable bonds is 4. The van der Waals surface area contributed by atoms with Crippen molar-refractivity contribution in [2.75, 3.05) is 31.6 Å². The number of benzene rings is 1. The van der Waals surface area contributed by atoms with Gasteiger partial charge in [-0.1, -0.05) is 16.8 Å². The van der Waals surface area contributed by atoms with E-state index in [0.29, 0.717) is 67.2 Å². The molecule has 1 aromatic carbocycles. The number of carbonyl (C=O) groups is 2. The summed E-state index contributed by atoms with van der Waals surface area (Å²) in [7, 11) is 0. The molecule has 9 heteroatoms. The van der Waals surface area contributed by atoms with Crippen molar-refractivity contribution in [3.63, 3.8) is 0 Å². The van der Waals surface area contributed by atoms with Gasteiger partial charge in [-0.2, -0.15) is 0 Å². The third-order valence-corrected chi connectivity index (χ3v) is 5.37. The molecule has 1 aromatic heterocycles. The minimum Gasteiger partial charge on any atom is -0.486 e. The predicted octanol–water partition coefficient (Wildman–Crippen LogP) is 3.30. The van der Waals surface area contributed by atoms with E-state index in [4.69, 9.17) is 25.6 Å². The van der Waals surface area contributed by atoms with Crippen LogP contribution >= 0.6 is 11.6 Å². The second-order valence-corrected chi connectivity index (χ2v) is 7.68. The van der Waals surface area contributed by atoms with Gasteiger partial charge in [0.15, 0.2) is 17.3 Å². The number of halogens is 1. The van der Waals surface area contributed by atoms with Gasteiger partial charge in [0, 0.05) is 31.1 Å². The standard InChI is InChI=1S/C21H22ClN3O5/c1-13-10-18(24-30-13)23-21(27)15-4-6-25(7-5-15)19(26)3-2-14-11-16(22)20-17(12-14)28-8-9-29-20/h2-3,10-12,15H,4-9H2,1H3,(H,23,24,27)/b3-2+. The Balaban J connectivity index is 1.31.